The zero-order valence-electron chi connectivity index (χ0n) is 11.4. The molecule has 0 aliphatic rings. The van der Waals surface area contributed by atoms with Crippen molar-refractivity contribution in [3.63, 3.8) is 0 Å². The Kier molecular flexibility index (Phi) is 4.65. The molecular formula is C14H14Br2N2O2. The molecule has 0 N–H and O–H groups in total. The molecule has 0 aliphatic carbocycles. The van der Waals surface area contributed by atoms with Crippen molar-refractivity contribution in [2.24, 2.45) is 0 Å². The van der Waals surface area contributed by atoms with Gasteiger partial charge in [-0.25, -0.2) is 0 Å². The minimum atomic E-state index is -0.0774. The Balaban J connectivity index is 2.46. The van der Waals surface area contributed by atoms with Gasteiger partial charge in [-0.3, -0.25) is 9.48 Å². The summed E-state index contributed by atoms with van der Waals surface area (Å²) in [5, 5.41) is 4.23. The van der Waals surface area contributed by atoms with E-state index in [2.05, 4.69) is 37.0 Å². The number of hydrogen-bond acceptors (Lipinski definition) is 3. The second-order valence-electron chi connectivity index (χ2n) is 4.56. The lowest BCUT2D eigenvalue weighted by Gasteiger charge is -2.11. The first-order valence-electron chi connectivity index (χ1n) is 6.07. The predicted molar refractivity (Wildman–Crippen MR) is 84.4 cm³/mol. The fourth-order valence-corrected chi connectivity index (χ4v) is 2.88. The second kappa shape index (κ2) is 6.10. The molecule has 0 aliphatic heterocycles. The van der Waals surface area contributed by atoms with Gasteiger partial charge < -0.3 is 4.74 Å². The number of benzene rings is 1. The monoisotopic (exact) mass is 400 g/mol. The summed E-state index contributed by atoms with van der Waals surface area (Å²) in [5.41, 5.74) is 1.14. The molecule has 1 heterocycles. The van der Waals surface area contributed by atoms with E-state index in [0.717, 1.165) is 4.47 Å². The van der Waals surface area contributed by atoms with E-state index in [1.165, 1.54) is 0 Å². The van der Waals surface area contributed by atoms with E-state index >= 15 is 0 Å². The third-order valence-corrected chi connectivity index (χ3v) is 4.07. The number of carbonyl (C=O) groups is 1. The fourth-order valence-electron chi connectivity index (χ4n) is 1.89. The number of ketones is 1. The molecule has 0 saturated carbocycles. The number of methoxy groups -OCH3 is 1. The first kappa shape index (κ1) is 15.3. The van der Waals surface area contributed by atoms with Crippen LogP contribution in [0.1, 0.15) is 35.9 Å². The third kappa shape index (κ3) is 2.81. The minimum Gasteiger partial charge on any atom is -0.496 e. The molecule has 2 rings (SSSR count). The average molecular weight is 402 g/mol. The largest absolute Gasteiger partial charge is 0.496 e. The Morgan fingerprint density at radius 3 is 2.55 bits per heavy atom. The molecule has 0 saturated heterocycles. The van der Waals surface area contributed by atoms with E-state index in [1.54, 1.807) is 36.2 Å². The van der Waals surface area contributed by atoms with E-state index in [4.69, 9.17) is 4.74 Å². The SMILES string of the molecule is COc1ccc(C(=O)c2c(Br)cnn2C(C)C)cc1Br. The maximum absolute atomic E-state index is 12.7. The zero-order chi connectivity index (χ0) is 14.9. The quantitative estimate of drug-likeness (QED) is 0.720. The van der Waals surface area contributed by atoms with Crippen LogP contribution in [0.2, 0.25) is 0 Å². The minimum absolute atomic E-state index is 0.0774. The van der Waals surface area contributed by atoms with Crippen molar-refractivity contribution in [1.29, 1.82) is 0 Å². The maximum Gasteiger partial charge on any atom is 0.212 e. The summed E-state index contributed by atoms with van der Waals surface area (Å²) in [4.78, 5) is 12.7. The summed E-state index contributed by atoms with van der Waals surface area (Å²) in [6.45, 7) is 3.97. The Morgan fingerprint density at radius 1 is 1.30 bits per heavy atom. The molecule has 0 bridgehead atoms. The van der Waals surface area contributed by atoms with Crippen molar-refractivity contribution in [3.8, 4) is 5.75 Å². The van der Waals surface area contributed by atoms with Crippen molar-refractivity contribution in [2.75, 3.05) is 7.11 Å². The average Bonchev–Trinajstić information content (AvgIpc) is 2.80. The summed E-state index contributed by atoms with van der Waals surface area (Å²) in [5.74, 6) is 0.615. The fraction of sp³-hybridized carbons (Fsp3) is 0.286. The topological polar surface area (TPSA) is 44.1 Å². The number of halogens is 2. The van der Waals surface area contributed by atoms with Crippen molar-refractivity contribution < 1.29 is 9.53 Å². The number of ether oxygens (including phenoxy) is 1. The smallest absolute Gasteiger partial charge is 0.212 e. The normalized spacial score (nSPS) is 10.9. The van der Waals surface area contributed by atoms with Crippen LogP contribution in [0.25, 0.3) is 0 Å². The first-order valence-corrected chi connectivity index (χ1v) is 7.65. The Labute approximate surface area is 134 Å². The van der Waals surface area contributed by atoms with Gasteiger partial charge in [0, 0.05) is 11.6 Å². The van der Waals surface area contributed by atoms with Crippen LogP contribution in [-0.2, 0) is 0 Å². The summed E-state index contributed by atoms with van der Waals surface area (Å²) in [6, 6.07) is 5.38. The molecule has 1 aromatic carbocycles. The van der Waals surface area contributed by atoms with Gasteiger partial charge in [-0.2, -0.15) is 5.10 Å². The highest BCUT2D eigenvalue weighted by molar-refractivity contribution is 9.10. The van der Waals surface area contributed by atoms with Gasteiger partial charge in [-0.15, -0.1) is 0 Å². The number of rotatable bonds is 4. The van der Waals surface area contributed by atoms with Crippen LogP contribution < -0.4 is 4.74 Å². The van der Waals surface area contributed by atoms with Gasteiger partial charge in [-0.05, 0) is 63.9 Å². The van der Waals surface area contributed by atoms with Crippen molar-refractivity contribution in [1.82, 2.24) is 9.78 Å². The van der Waals surface area contributed by atoms with Gasteiger partial charge in [-0.1, -0.05) is 0 Å². The molecule has 1 aromatic heterocycles. The Morgan fingerprint density at radius 2 is 2.00 bits per heavy atom. The highest BCUT2D eigenvalue weighted by Crippen LogP contribution is 2.28. The summed E-state index contributed by atoms with van der Waals surface area (Å²) in [7, 11) is 1.59. The zero-order valence-corrected chi connectivity index (χ0v) is 14.5. The molecule has 4 nitrogen and oxygen atoms in total. The van der Waals surface area contributed by atoms with E-state index in [9.17, 15) is 4.79 Å². The molecule has 0 fully saturated rings. The van der Waals surface area contributed by atoms with Gasteiger partial charge in [0.15, 0.2) is 0 Å². The van der Waals surface area contributed by atoms with Crippen molar-refractivity contribution in [2.45, 2.75) is 19.9 Å². The number of hydrogen-bond donors (Lipinski definition) is 0. The van der Waals surface area contributed by atoms with E-state index < -0.39 is 0 Å². The van der Waals surface area contributed by atoms with Crippen LogP contribution in [-0.4, -0.2) is 22.7 Å². The lowest BCUT2D eigenvalue weighted by Crippen LogP contribution is -2.14. The van der Waals surface area contributed by atoms with Crippen LogP contribution >= 0.6 is 31.9 Å². The Bertz CT molecular complexity index is 651. The van der Waals surface area contributed by atoms with Crippen LogP contribution in [0, 0.1) is 0 Å². The van der Waals surface area contributed by atoms with E-state index in [0.29, 0.717) is 21.5 Å². The highest BCUT2D eigenvalue weighted by Gasteiger charge is 2.21. The molecule has 0 radical (unpaired) electrons. The molecule has 0 spiro atoms. The van der Waals surface area contributed by atoms with Gasteiger partial charge in [0.1, 0.15) is 11.4 Å². The second-order valence-corrected chi connectivity index (χ2v) is 6.27. The number of nitrogens with zero attached hydrogens (tertiary/aromatic N) is 2. The van der Waals surface area contributed by atoms with Gasteiger partial charge in [0.2, 0.25) is 5.78 Å². The molecule has 0 unspecified atom stereocenters. The van der Waals surface area contributed by atoms with Gasteiger partial charge >= 0.3 is 0 Å². The van der Waals surface area contributed by atoms with E-state index in [1.807, 2.05) is 13.8 Å². The molecule has 6 heteroatoms. The lowest BCUT2D eigenvalue weighted by atomic mass is 10.1. The lowest BCUT2D eigenvalue weighted by molar-refractivity contribution is 0.102. The van der Waals surface area contributed by atoms with Crippen LogP contribution in [0.3, 0.4) is 0 Å². The van der Waals surface area contributed by atoms with Gasteiger partial charge in [0.05, 0.1) is 22.3 Å². The highest BCUT2D eigenvalue weighted by atomic mass is 79.9. The standard InChI is InChI=1S/C14H14Br2N2O2/c1-8(2)18-13(11(16)7-17-18)14(19)9-4-5-12(20-3)10(15)6-9/h4-8H,1-3H3. The van der Waals surface area contributed by atoms with E-state index in [-0.39, 0.29) is 11.8 Å². The summed E-state index contributed by atoms with van der Waals surface area (Å²) >= 11 is 6.78. The predicted octanol–water partition coefficient (Wildman–Crippen LogP) is 4.23. The van der Waals surface area contributed by atoms with Crippen LogP contribution in [0.5, 0.6) is 5.75 Å². The van der Waals surface area contributed by atoms with Crippen molar-refractivity contribution >= 4 is 37.6 Å². The summed E-state index contributed by atoms with van der Waals surface area (Å²) in [6.07, 6.45) is 1.64. The Hall–Kier alpha value is -1.14. The van der Waals surface area contributed by atoms with Crippen molar-refractivity contribution in [3.05, 3.63) is 44.6 Å². The maximum atomic E-state index is 12.7. The number of carbonyl (C=O) groups excluding carboxylic acids is 1. The number of aromatic nitrogens is 2. The molecule has 106 valence electrons. The molecule has 0 amide bonds. The van der Waals surface area contributed by atoms with Gasteiger partial charge in [0.25, 0.3) is 0 Å². The molecular weight excluding hydrogens is 388 g/mol. The first-order chi connectivity index (χ1) is 9.45. The third-order valence-electron chi connectivity index (χ3n) is 2.87. The molecule has 0 atom stereocenters. The molecule has 20 heavy (non-hydrogen) atoms. The van der Waals surface area contributed by atoms with Crippen LogP contribution in [0.15, 0.2) is 33.3 Å². The molecule has 2 aromatic rings. The van der Waals surface area contributed by atoms with Crippen LogP contribution in [0.4, 0.5) is 0 Å². The summed E-state index contributed by atoms with van der Waals surface area (Å²) < 4.78 is 8.33.